The minimum Gasteiger partial charge on any atom is -0.297 e. The van der Waals surface area contributed by atoms with Crippen LogP contribution in [0.2, 0.25) is 0 Å². The van der Waals surface area contributed by atoms with Crippen molar-refractivity contribution in [3.8, 4) is 0 Å². The summed E-state index contributed by atoms with van der Waals surface area (Å²) < 4.78 is 0. The normalized spacial score (nSPS) is 20.5. The van der Waals surface area contributed by atoms with Gasteiger partial charge in [0, 0.05) is 6.54 Å². The summed E-state index contributed by atoms with van der Waals surface area (Å²) in [5.41, 5.74) is 1.05. The average molecular weight is 114 g/mol. The van der Waals surface area contributed by atoms with E-state index in [0.717, 1.165) is 18.8 Å². The molecule has 3 heteroatoms. The summed E-state index contributed by atoms with van der Waals surface area (Å²) in [7, 11) is 0. The van der Waals surface area contributed by atoms with Crippen LogP contribution in [-0.4, -0.2) is 23.9 Å². The topological polar surface area (TPSA) is 24.8 Å². The van der Waals surface area contributed by atoms with Crippen LogP contribution in [0, 0.1) is 0 Å². The van der Waals surface area contributed by atoms with Gasteiger partial charge < -0.3 is 0 Å². The van der Waals surface area contributed by atoms with Crippen molar-refractivity contribution in [2.24, 2.45) is 5.16 Å². The van der Waals surface area contributed by atoms with Gasteiger partial charge in [-0.15, -0.1) is 5.06 Å². The van der Waals surface area contributed by atoms with E-state index < -0.39 is 0 Å². The molecule has 46 valence electrons. The van der Waals surface area contributed by atoms with Gasteiger partial charge in [-0.1, -0.05) is 5.16 Å². The molecule has 0 spiro atoms. The fourth-order valence-electron chi connectivity index (χ4n) is 0.610. The second kappa shape index (κ2) is 2.13. The molecule has 0 amide bonds. The molecule has 0 atom stereocenters. The standard InChI is InChI=1S/C5H10N2O/c1-3-7-4-5(2)6-8-7/h3-4H2,1-2H3. The maximum absolute atomic E-state index is 4.84. The second-order valence-corrected chi connectivity index (χ2v) is 1.86. The highest BCUT2D eigenvalue weighted by Crippen LogP contribution is 1.99. The van der Waals surface area contributed by atoms with Gasteiger partial charge >= 0.3 is 0 Å². The number of hydrogen-bond acceptors (Lipinski definition) is 3. The van der Waals surface area contributed by atoms with Crippen molar-refractivity contribution >= 4 is 5.71 Å². The second-order valence-electron chi connectivity index (χ2n) is 1.86. The van der Waals surface area contributed by atoms with Crippen LogP contribution in [0.3, 0.4) is 0 Å². The van der Waals surface area contributed by atoms with Crippen LogP contribution in [0.15, 0.2) is 5.16 Å². The van der Waals surface area contributed by atoms with E-state index in [4.69, 9.17) is 4.94 Å². The number of nitrogens with zero attached hydrogens (tertiary/aromatic N) is 2. The van der Waals surface area contributed by atoms with Crippen molar-refractivity contribution in [1.82, 2.24) is 5.06 Å². The molecule has 1 aliphatic rings. The Bertz CT molecular complexity index is 111. The van der Waals surface area contributed by atoms with E-state index in [-0.39, 0.29) is 0 Å². The zero-order valence-electron chi connectivity index (χ0n) is 5.22. The monoisotopic (exact) mass is 114 g/mol. The Morgan fingerprint density at radius 2 is 2.62 bits per heavy atom. The van der Waals surface area contributed by atoms with Gasteiger partial charge in [-0.25, -0.2) is 0 Å². The van der Waals surface area contributed by atoms with E-state index in [9.17, 15) is 0 Å². The van der Waals surface area contributed by atoms with Gasteiger partial charge in [-0.2, -0.15) is 0 Å². The van der Waals surface area contributed by atoms with Gasteiger partial charge in [-0.3, -0.25) is 4.94 Å². The molecule has 0 fully saturated rings. The lowest BCUT2D eigenvalue weighted by Crippen LogP contribution is -2.19. The summed E-state index contributed by atoms with van der Waals surface area (Å²) in [6, 6.07) is 0. The Labute approximate surface area is 48.9 Å². The molecule has 0 saturated heterocycles. The van der Waals surface area contributed by atoms with E-state index in [1.165, 1.54) is 0 Å². The van der Waals surface area contributed by atoms with Crippen molar-refractivity contribution in [3.63, 3.8) is 0 Å². The van der Waals surface area contributed by atoms with Crippen LogP contribution in [0.1, 0.15) is 13.8 Å². The Kier molecular flexibility index (Phi) is 1.48. The van der Waals surface area contributed by atoms with Gasteiger partial charge in [0.15, 0.2) is 0 Å². The molecule has 0 aromatic rings. The van der Waals surface area contributed by atoms with E-state index in [1.54, 1.807) is 5.06 Å². The Hall–Kier alpha value is -0.570. The van der Waals surface area contributed by atoms with Gasteiger partial charge in [-0.05, 0) is 13.8 Å². The summed E-state index contributed by atoms with van der Waals surface area (Å²) in [6.45, 7) is 5.75. The maximum Gasteiger partial charge on any atom is 0.0787 e. The third kappa shape index (κ3) is 0.980. The first-order valence-electron chi connectivity index (χ1n) is 2.78. The van der Waals surface area contributed by atoms with E-state index in [1.807, 2.05) is 13.8 Å². The van der Waals surface area contributed by atoms with Crippen LogP contribution >= 0.6 is 0 Å². The molecule has 0 bridgehead atoms. The lowest BCUT2D eigenvalue weighted by Gasteiger charge is -2.05. The molecule has 1 heterocycles. The fraction of sp³-hybridized carbons (Fsp3) is 0.800. The first-order valence-corrected chi connectivity index (χ1v) is 2.78. The lowest BCUT2D eigenvalue weighted by molar-refractivity contribution is -0.126. The van der Waals surface area contributed by atoms with Crippen molar-refractivity contribution in [2.75, 3.05) is 13.1 Å². The van der Waals surface area contributed by atoms with Gasteiger partial charge in [0.1, 0.15) is 0 Å². The predicted octanol–water partition coefficient (Wildman–Crippen LogP) is 0.629. The quantitative estimate of drug-likeness (QED) is 0.499. The average Bonchev–Trinajstić information content (AvgIpc) is 2.14. The molecule has 1 rings (SSSR count). The van der Waals surface area contributed by atoms with Crippen molar-refractivity contribution in [2.45, 2.75) is 13.8 Å². The van der Waals surface area contributed by atoms with E-state index in [2.05, 4.69) is 5.16 Å². The van der Waals surface area contributed by atoms with Crippen LogP contribution in [0.4, 0.5) is 0 Å². The largest absolute Gasteiger partial charge is 0.297 e. The smallest absolute Gasteiger partial charge is 0.0787 e. The highest BCUT2D eigenvalue weighted by molar-refractivity contribution is 5.83. The molecule has 3 nitrogen and oxygen atoms in total. The summed E-state index contributed by atoms with van der Waals surface area (Å²) in [6.07, 6.45) is 0. The fourth-order valence-corrected chi connectivity index (χ4v) is 0.610. The predicted molar refractivity (Wildman–Crippen MR) is 31.4 cm³/mol. The Morgan fingerprint density at radius 3 is 2.88 bits per heavy atom. The highest BCUT2D eigenvalue weighted by atomic mass is 16.8. The van der Waals surface area contributed by atoms with Crippen LogP contribution in [0.5, 0.6) is 0 Å². The first-order chi connectivity index (χ1) is 3.83. The van der Waals surface area contributed by atoms with Gasteiger partial charge in [0.2, 0.25) is 0 Å². The highest BCUT2D eigenvalue weighted by Gasteiger charge is 2.10. The third-order valence-electron chi connectivity index (χ3n) is 1.07. The molecule has 0 radical (unpaired) electrons. The maximum atomic E-state index is 4.84. The van der Waals surface area contributed by atoms with Crippen LogP contribution in [0.25, 0.3) is 0 Å². The summed E-state index contributed by atoms with van der Waals surface area (Å²) >= 11 is 0. The Balaban J connectivity index is 2.32. The number of hydrogen-bond donors (Lipinski definition) is 0. The van der Waals surface area contributed by atoms with Gasteiger partial charge in [0.05, 0.1) is 12.3 Å². The minimum absolute atomic E-state index is 0.858. The Morgan fingerprint density at radius 1 is 1.88 bits per heavy atom. The molecule has 8 heavy (non-hydrogen) atoms. The van der Waals surface area contributed by atoms with Crippen molar-refractivity contribution in [3.05, 3.63) is 0 Å². The minimum atomic E-state index is 0.858. The molecular weight excluding hydrogens is 104 g/mol. The van der Waals surface area contributed by atoms with Crippen molar-refractivity contribution < 1.29 is 4.94 Å². The number of rotatable bonds is 1. The summed E-state index contributed by atoms with van der Waals surface area (Å²) in [4.78, 5) is 4.84. The van der Waals surface area contributed by atoms with Crippen LogP contribution in [-0.2, 0) is 4.94 Å². The molecular formula is C5H10N2O. The molecule has 1 aliphatic heterocycles. The van der Waals surface area contributed by atoms with Crippen molar-refractivity contribution in [1.29, 1.82) is 0 Å². The van der Waals surface area contributed by atoms with E-state index >= 15 is 0 Å². The molecule has 0 aromatic heterocycles. The summed E-state index contributed by atoms with van der Waals surface area (Å²) in [5, 5.41) is 5.53. The summed E-state index contributed by atoms with van der Waals surface area (Å²) in [5.74, 6) is 0. The van der Waals surface area contributed by atoms with E-state index in [0.29, 0.717) is 0 Å². The van der Waals surface area contributed by atoms with Gasteiger partial charge in [0.25, 0.3) is 0 Å². The zero-order chi connectivity index (χ0) is 5.98. The molecule has 0 aliphatic carbocycles. The molecule has 0 aromatic carbocycles. The number of hydroxylamine groups is 2. The third-order valence-corrected chi connectivity index (χ3v) is 1.07. The lowest BCUT2D eigenvalue weighted by atomic mass is 10.4. The first kappa shape index (κ1) is 5.56. The molecule has 0 saturated carbocycles. The molecule has 0 unspecified atom stereocenters. The SMILES string of the molecule is CCN1CC(C)=NO1. The zero-order valence-corrected chi connectivity index (χ0v) is 5.22. The van der Waals surface area contributed by atoms with Crippen LogP contribution < -0.4 is 0 Å². The molecule has 0 N–H and O–H groups in total. The number of oxime groups is 1.